The lowest BCUT2D eigenvalue weighted by atomic mass is 10.4. The Bertz CT molecular complexity index is 504. The van der Waals surface area contributed by atoms with Gasteiger partial charge >= 0.3 is 0 Å². The first-order chi connectivity index (χ1) is 6.68. The van der Waals surface area contributed by atoms with Gasteiger partial charge in [-0.15, -0.1) is 11.3 Å². The molecule has 0 atom stereocenters. The van der Waals surface area contributed by atoms with Gasteiger partial charge in [0.1, 0.15) is 4.47 Å². The van der Waals surface area contributed by atoms with Gasteiger partial charge in [0.25, 0.3) is 5.56 Å². The van der Waals surface area contributed by atoms with Gasteiger partial charge in [-0.05, 0) is 34.3 Å². The van der Waals surface area contributed by atoms with Crippen LogP contribution >= 0.6 is 27.3 Å². The van der Waals surface area contributed by atoms with E-state index < -0.39 is 0 Å². The molecule has 0 saturated carbocycles. The lowest BCUT2D eigenvalue weighted by molar-refractivity contribution is 1.06. The smallest absolute Gasteiger partial charge is 0.265 e. The van der Waals surface area contributed by atoms with Crippen molar-refractivity contribution in [2.75, 3.05) is 0 Å². The Morgan fingerprint density at radius 1 is 1.57 bits per heavy atom. The van der Waals surface area contributed by atoms with Crippen molar-refractivity contribution in [1.82, 2.24) is 9.97 Å². The minimum Gasteiger partial charge on any atom is -0.305 e. The molecule has 3 nitrogen and oxygen atoms in total. The number of hydrogen-bond acceptors (Lipinski definition) is 3. The Morgan fingerprint density at radius 2 is 2.36 bits per heavy atom. The van der Waals surface area contributed by atoms with Crippen molar-refractivity contribution in [3.05, 3.63) is 38.0 Å². The zero-order chi connectivity index (χ0) is 10.1. The molecule has 0 aromatic carbocycles. The zero-order valence-corrected chi connectivity index (χ0v) is 9.78. The highest BCUT2D eigenvalue weighted by Crippen LogP contribution is 2.21. The van der Waals surface area contributed by atoms with Gasteiger partial charge in [-0.25, -0.2) is 4.98 Å². The third-order valence-corrected chi connectivity index (χ3v) is 3.59. The molecule has 0 saturated heterocycles. The fourth-order valence-electron chi connectivity index (χ4n) is 1.10. The molecule has 2 rings (SSSR count). The zero-order valence-electron chi connectivity index (χ0n) is 7.37. The minimum atomic E-state index is -0.138. The summed E-state index contributed by atoms with van der Waals surface area (Å²) >= 11 is 4.73. The Kier molecular flexibility index (Phi) is 2.52. The van der Waals surface area contributed by atoms with Gasteiger partial charge in [-0.2, -0.15) is 0 Å². The lowest BCUT2D eigenvalue weighted by Gasteiger charge is -2.00. The van der Waals surface area contributed by atoms with Crippen molar-refractivity contribution in [3.63, 3.8) is 0 Å². The molecule has 1 N–H and O–H groups in total. The molecule has 0 fully saturated rings. The third-order valence-electron chi connectivity index (χ3n) is 1.78. The normalized spacial score (nSPS) is 10.4. The number of thiophene rings is 1. The second kappa shape index (κ2) is 3.67. The van der Waals surface area contributed by atoms with E-state index in [1.807, 2.05) is 17.5 Å². The van der Waals surface area contributed by atoms with Crippen LogP contribution in [0.1, 0.15) is 5.69 Å². The number of aromatic nitrogens is 2. The van der Waals surface area contributed by atoms with Crippen LogP contribution in [0, 0.1) is 6.92 Å². The molecular formula is C9H7BrN2OS. The van der Waals surface area contributed by atoms with Crippen molar-refractivity contribution >= 4 is 27.3 Å². The summed E-state index contributed by atoms with van der Waals surface area (Å²) in [6, 6.07) is 3.85. The summed E-state index contributed by atoms with van der Waals surface area (Å²) in [6.45, 7) is 1.80. The maximum absolute atomic E-state index is 11.4. The van der Waals surface area contributed by atoms with Crippen molar-refractivity contribution in [2.45, 2.75) is 6.92 Å². The van der Waals surface area contributed by atoms with Crippen LogP contribution in [-0.2, 0) is 0 Å². The largest absolute Gasteiger partial charge is 0.305 e. The second-order valence-electron chi connectivity index (χ2n) is 2.79. The quantitative estimate of drug-likeness (QED) is 0.866. The number of nitrogens with zero attached hydrogens (tertiary/aromatic N) is 1. The number of halogens is 1. The van der Waals surface area contributed by atoms with E-state index in [-0.39, 0.29) is 5.56 Å². The monoisotopic (exact) mass is 270 g/mol. The van der Waals surface area contributed by atoms with Crippen LogP contribution < -0.4 is 5.56 Å². The highest BCUT2D eigenvalue weighted by Gasteiger charge is 2.06. The van der Waals surface area contributed by atoms with Crippen LogP contribution in [0.5, 0.6) is 0 Å². The van der Waals surface area contributed by atoms with Gasteiger partial charge in [0.15, 0.2) is 5.82 Å². The van der Waals surface area contributed by atoms with E-state index in [0.717, 1.165) is 4.88 Å². The maximum atomic E-state index is 11.4. The number of aryl methyl sites for hydroxylation is 1. The van der Waals surface area contributed by atoms with Crippen molar-refractivity contribution < 1.29 is 0 Å². The lowest BCUT2D eigenvalue weighted by Crippen LogP contribution is -2.11. The van der Waals surface area contributed by atoms with E-state index in [0.29, 0.717) is 16.0 Å². The molecule has 14 heavy (non-hydrogen) atoms. The average molecular weight is 271 g/mol. The van der Waals surface area contributed by atoms with E-state index >= 15 is 0 Å². The molecule has 72 valence electrons. The summed E-state index contributed by atoms with van der Waals surface area (Å²) in [6.07, 6.45) is 0. The van der Waals surface area contributed by atoms with Crippen molar-refractivity contribution in [3.8, 4) is 10.7 Å². The fraction of sp³-hybridized carbons (Fsp3) is 0.111. The molecule has 0 spiro atoms. The SMILES string of the molecule is Cc1nc(-c2cccs2)[nH]c(=O)c1Br. The van der Waals surface area contributed by atoms with Crippen molar-refractivity contribution in [2.24, 2.45) is 0 Å². The molecule has 0 unspecified atom stereocenters. The van der Waals surface area contributed by atoms with Crippen LogP contribution in [0.4, 0.5) is 0 Å². The molecule has 0 aliphatic heterocycles. The molecule has 2 aromatic heterocycles. The molecule has 0 aliphatic carbocycles. The van der Waals surface area contributed by atoms with E-state index in [2.05, 4.69) is 25.9 Å². The topological polar surface area (TPSA) is 45.8 Å². The molecule has 0 amide bonds. The minimum absolute atomic E-state index is 0.138. The number of rotatable bonds is 1. The summed E-state index contributed by atoms with van der Waals surface area (Å²) in [4.78, 5) is 19.4. The molecule has 5 heteroatoms. The van der Waals surface area contributed by atoms with Crippen LogP contribution in [0.3, 0.4) is 0 Å². The van der Waals surface area contributed by atoms with Crippen LogP contribution in [-0.4, -0.2) is 9.97 Å². The summed E-state index contributed by atoms with van der Waals surface area (Å²) in [7, 11) is 0. The van der Waals surface area contributed by atoms with Crippen LogP contribution in [0.2, 0.25) is 0 Å². The Hall–Kier alpha value is -0.940. The first-order valence-electron chi connectivity index (χ1n) is 3.99. The third kappa shape index (κ3) is 1.65. The Labute approximate surface area is 93.0 Å². The van der Waals surface area contributed by atoms with Gasteiger partial charge in [-0.1, -0.05) is 6.07 Å². The van der Waals surface area contributed by atoms with E-state index in [9.17, 15) is 4.79 Å². The van der Waals surface area contributed by atoms with Gasteiger partial charge in [0.05, 0.1) is 10.6 Å². The Balaban J connectivity index is 2.63. The van der Waals surface area contributed by atoms with Gasteiger partial charge in [0.2, 0.25) is 0 Å². The van der Waals surface area contributed by atoms with Crippen LogP contribution in [0.25, 0.3) is 10.7 Å². The Morgan fingerprint density at radius 3 is 2.93 bits per heavy atom. The number of nitrogens with one attached hydrogen (secondary N) is 1. The van der Waals surface area contributed by atoms with E-state index in [1.165, 1.54) is 0 Å². The average Bonchev–Trinajstić information content (AvgIpc) is 2.66. The summed E-state index contributed by atoms with van der Waals surface area (Å²) in [5.41, 5.74) is 0.568. The van der Waals surface area contributed by atoms with Gasteiger partial charge in [-0.3, -0.25) is 4.79 Å². The maximum Gasteiger partial charge on any atom is 0.265 e. The number of aromatic amines is 1. The number of hydrogen-bond donors (Lipinski definition) is 1. The highest BCUT2D eigenvalue weighted by atomic mass is 79.9. The second-order valence-corrected chi connectivity index (χ2v) is 4.53. The van der Waals surface area contributed by atoms with Gasteiger partial charge < -0.3 is 4.98 Å². The summed E-state index contributed by atoms with van der Waals surface area (Å²) in [5, 5.41) is 1.95. The molecule has 0 radical (unpaired) electrons. The fourth-order valence-corrected chi connectivity index (χ4v) is 1.96. The van der Waals surface area contributed by atoms with Gasteiger partial charge in [0, 0.05) is 0 Å². The summed E-state index contributed by atoms with van der Waals surface area (Å²) in [5.74, 6) is 0.630. The molecular weight excluding hydrogens is 264 g/mol. The molecule has 2 heterocycles. The first kappa shape index (κ1) is 9.61. The number of H-pyrrole nitrogens is 1. The molecule has 2 aromatic rings. The predicted molar refractivity (Wildman–Crippen MR) is 60.6 cm³/mol. The van der Waals surface area contributed by atoms with Crippen LogP contribution in [0.15, 0.2) is 26.8 Å². The predicted octanol–water partition coefficient (Wildman–Crippen LogP) is 2.57. The summed E-state index contributed by atoms with van der Waals surface area (Å²) < 4.78 is 0.498. The first-order valence-corrected chi connectivity index (χ1v) is 5.66. The molecule has 0 aliphatic rings. The highest BCUT2D eigenvalue weighted by molar-refractivity contribution is 9.10. The molecule has 0 bridgehead atoms. The van der Waals surface area contributed by atoms with E-state index in [1.54, 1.807) is 18.3 Å². The standard InChI is InChI=1S/C9H7BrN2OS/c1-5-7(10)9(13)12-8(11-5)6-3-2-4-14-6/h2-4H,1H3,(H,11,12,13). The van der Waals surface area contributed by atoms with E-state index in [4.69, 9.17) is 0 Å². The van der Waals surface area contributed by atoms with Crippen molar-refractivity contribution in [1.29, 1.82) is 0 Å².